The lowest BCUT2D eigenvalue weighted by molar-refractivity contribution is 0.426. The molecule has 0 amide bonds. The van der Waals surface area contributed by atoms with Gasteiger partial charge in [-0.2, -0.15) is 0 Å². The van der Waals surface area contributed by atoms with Gasteiger partial charge in [0.2, 0.25) is 0 Å². The Morgan fingerprint density at radius 3 is 2.71 bits per heavy atom. The Kier molecular flexibility index (Phi) is 3.97. The van der Waals surface area contributed by atoms with Crippen molar-refractivity contribution in [2.45, 2.75) is 44.4 Å². The Morgan fingerprint density at radius 1 is 1.04 bits per heavy atom. The molecule has 0 radical (unpaired) electrons. The summed E-state index contributed by atoms with van der Waals surface area (Å²) in [6.45, 7) is 4.55. The normalized spacial score (nSPS) is 18.9. The lowest BCUT2D eigenvalue weighted by atomic mass is 9.72. The summed E-state index contributed by atoms with van der Waals surface area (Å²) < 4.78 is 0. The van der Waals surface area contributed by atoms with Crippen molar-refractivity contribution in [1.29, 1.82) is 0 Å². The zero-order valence-electron chi connectivity index (χ0n) is 16.3. The van der Waals surface area contributed by atoms with Crippen molar-refractivity contribution in [2.75, 3.05) is 0 Å². The molecule has 0 aliphatic heterocycles. The molecule has 28 heavy (non-hydrogen) atoms. The third-order valence-corrected chi connectivity index (χ3v) is 6.65. The summed E-state index contributed by atoms with van der Waals surface area (Å²) in [5, 5.41) is 19.5. The monoisotopic (exact) mass is 369 g/mol. The van der Waals surface area contributed by atoms with Crippen LogP contribution in [0.3, 0.4) is 0 Å². The lowest BCUT2D eigenvalue weighted by Gasteiger charge is -2.31. The van der Waals surface area contributed by atoms with E-state index in [0.29, 0.717) is 11.4 Å². The zero-order valence-corrected chi connectivity index (χ0v) is 16.3. The number of hydrogen-bond acceptors (Lipinski definition) is 3. The minimum atomic E-state index is -1.45. The van der Waals surface area contributed by atoms with E-state index >= 15 is 0 Å². The standard InChI is InChI=1S/C24H24BNO2/c1-24(2)22-7-3-6-19-20(22)10-8-15(13-16-5-4-12-26-23(16)24)18-11-9-17(25(27)28)14-21(18)19/h3-7,9,11-12,14-15,27-28H,8,10,13H2,1-2H3. The molecular formula is C24H24BNO2. The van der Waals surface area contributed by atoms with Crippen LogP contribution in [0.1, 0.15) is 54.1 Å². The van der Waals surface area contributed by atoms with Crippen LogP contribution in [-0.2, 0) is 18.3 Å². The van der Waals surface area contributed by atoms with E-state index in [1.165, 1.54) is 33.5 Å². The number of benzene rings is 2. The SMILES string of the molecule is CC1(C)c2cccc3c2CCC(Cc2cccnc21)c1ccc(B(O)O)cc1-3. The van der Waals surface area contributed by atoms with Crippen LogP contribution in [0.15, 0.2) is 54.7 Å². The zero-order chi connectivity index (χ0) is 19.5. The van der Waals surface area contributed by atoms with Crippen LogP contribution in [0.25, 0.3) is 11.1 Å². The molecule has 1 heterocycles. The first-order valence-corrected chi connectivity index (χ1v) is 10.0. The number of rotatable bonds is 1. The Balaban J connectivity index is 1.87. The van der Waals surface area contributed by atoms with Gasteiger partial charge in [0, 0.05) is 11.6 Å². The van der Waals surface area contributed by atoms with Gasteiger partial charge in [-0.25, -0.2) is 0 Å². The first-order valence-electron chi connectivity index (χ1n) is 10.0. The maximum absolute atomic E-state index is 9.74. The van der Waals surface area contributed by atoms with Gasteiger partial charge in [-0.05, 0) is 70.1 Å². The highest BCUT2D eigenvalue weighted by Crippen LogP contribution is 2.46. The number of hydrogen-bond donors (Lipinski definition) is 2. The summed E-state index contributed by atoms with van der Waals surface area (Å²) in [7, 11) is -1.45. The van der Waals surface area contributed by atoms with Crippen LogP contribution < -0.4 is 5.46 Å². The summed E-state index contributed by atoms with van der Waals surface area (Å²) >= 11 is 0. The molecule has 1 aromatic heterocycles. The van der Waals surface area contributed by atoms with Crippen LogP contribution in [0.5, 0.6) is 0 Å². The fourth-order valence-corrected chi connectivity index (χ4v) is 5.26. The molecule has 0 saturated carbocycles. The smallest absolute Gasteiger partial charge is 0.423 e. The van der Waals surface area contributed by atoms with Crippen LogP contribution in [0.2, 0.25) is 0 Å². The van der Waals surface area contributed by atoms with Crippen LogP contribution in [0, 0.1) is 0 Å². The molecule has 2 N–H and O–H groups in total. The average molecular weight is 369 g/mol. The molecule has 2 aliphatic rings. The molecule has 0 spiro atoms. The maximum atomic E-state index is 9.74. The van der Waals surface area contributed by atoms with Crippen molar-refractivity contribution in [2.24, 2.45) is 0 Å². The van der Waals surface area contributed by atoms with Crippen molar-refractivity contribution in [1.82, 2.24) is 4.98 Å². The molecule has 2 aromatic carbocycles. The van der Waals surface area contributed by atoms with Gasteiger partial charge in [0.1, 0.15) is 0 Å². The van der Waals surface area contributed by atoms with Crippen LogP contribution >= 0.6 is 0 Å². The predicted molar refractivity (Wildman–Crippen MR) is 113 cm³/mol. The highest BCUT2D eigenvalue weighted by atomic mass is 16.4. The predicted octanol–water partition coefficient (Wildman–Crippen LogP) is 3.34. The molecule has 0 saturated heterocycles. The first kappa shape index (κ1) is 17.7. The number of aromatic nitrogens is 1. The summed E-state index contributed by atoms with van der Waals surface area (Å²) in [5.41, 5.74) is 9.23. The van der Waals surface area contributed by atoms with E-state index in [9.17, 15) is 10.0 Å². The largest absolute Gasteiger partial charge is 0.488 e. The minimum absolute atomic E-state index is 0.178. The van der Waals surface area contributed by atoms with Crippen LogP contribution in [0.4, 0.5) is 0 Å². The second-order valence-electron chi connectivity index (χ2n) is 8.63. The molecule has 1 atom stereocenters. The summed E-state index contributed by atoms with van der Waals surface area (Å²) in [6.07, 6.45) is 4.98. The molecule has 3 nitrogen and oxygen atoms in total. The molecule has 2 bridgehead atoms. The second kappa shape index (κ2) is 6.30. The molecule has 5 rings (SSSR count). The summed E-state index contributed by atoms with van der Waals surface area (Å²) in [6, 6.07) is 16.7. The Morgan fingerprint density at radius 2 is 1.89 bits per heavy atom. The number of pyridine rings is 1. The highest BCUT2D eigenvalue weighted by molar-refractivity contribution is 6.58. The molecule has 1 unspecified atom stereocenters. The third-order valence-electron chi connectivity index (χ3n) is 6.65. The second-order valence-corrected chi connectivity index (χ2v) is 8.63. The quantitative estimate of drug-likeness (QED) is 0.647. The van der Waals surface area contributed by atoms with Crippen molar-refractivity contribution in [3.63, 3.8) is 0 Å². The third kappa shape index (κ3) is 2.55. The Labute approximate surface area is 166 Å². The highest BCUT2D eigenvalue weighted by Gasteiger charge is 2.35. The molecule has 2 aliphatic carbocycles. The van der Waals surface area contributed by atoms with Gasteiger partial charge in [0.05, 0.1) is 5.69 Å². The van der Waals surface area contributed by atoms with Gasteiger partial charge in [-0.1, -0.05) is 56.3 Å². The van der Waals surface area contributed by atoms with E-state index in [4.69, 9.17) is 4.98 Å². The van der Waals surface area contributed by atoms with Gasteiger partial charge < -0.3 is 10.0 Å². The first-order chi connectivity index (χ1) is 13.5. The summed E-state index contributed by atoms with van der Waals surface area (Å²) in [5.74, 6) is 0.386. The van der Waals surface area contributed by atoms with E-state index in [-0.39, 0.29) is 5.41 Å². The van der Waals surface area contributed by atoms with Gasteiger partial charge in [0.25, 0.3) is 0 Å². The van der Waals surface area contributed by atoms with Crippen molar-refractivity contribution in [3.05, 3.63) is 82.7 Å². The van der Waals surface area contributed by atoms with Crippen LogP contribution in [-0.4, -0.2) is 22.2 Å². The van der Waals surface area contributed by atoms with E-state index in [0.717, 1.165) is 24.8 Å². The van der Waals surface area contributed by atoms with Gasteiger partial charge in [0.15, 0.2) is 0 Å². The average Bonchev–Trinajstić information content (AvgIpc) is 2.82. The van der Waals surface area contributed by atoms with Gasteiger partial charge in [-0.15, -0.1) is 0 Å². The molecule has 140 valence electrons. The van der Waals surface area contributed by atoms with Crippen molar-refractivity contribution >= 4 is 12.6 Å². The summed E-state index contributed by atoms with van der Waals surface area (Å²) in [4.78, 5) is 4.83. The van der Waals surface area contributed by atoms with E-state index in [1.54, 1.807) is 0 Å². The topological polar surface area (TPSA) is 53.4 Å². The fourth-order valence-electron chi connectivity index (χ4n) is 5.26. The molecular weight excluding hydrogens is 345 g/mol. The van der Waals surface area contributed by atoms with Crippen molar-refractivity contribution in [3.8, 4) is 11.1 Å². The number of fused-ring (bicyclic) bond motifs is 6. The molecule has 0 fully saturated rings. The maximum Gasteiger partial charge on any atom is 0.488 e. The van der Waals surface area contributed by atoms with E-state index < -0.39 is 7.12 Å². The van der Waals surface area contributed by atoms with Crippen molar-refractivity contribution < 1.29 is 10.0 Å². The van der Waals surface area contributed by atoms with E-state index in [1.807, 2.05) is 24.4 Å². The Hall–Kier alpha value is -2.43. The van der Waals surface area contributed by atoms with Gasteiger partial charge in [-0.3, -0.25) is 4.98 Å². The van der Waals surface area contributed by atoms with E-state index in [2.05, 4.69) is 44.2 Å². The lowest BCUT2D eigenvalue weighted by Crippen LogP contribution is -2.30. The van der Waals surface area contributed by atoms with Gasteiger partial charge >= 0.3 is 7.12 Å². The Bertz CT molecular complexity index is 1070. The fraction of sp³-hybridized carbons (Fsp3) is 0.292. The molecule has 4 heteroatoms. The number of nitrogens with zero attached hydrogens (tertiary/aromatic N) is 1. The minimum Gasteiger partial charge on any atom is -0.423 e. The molecule has 3 aromatic rings.